The molecule has 0 radical (unpaired) electrons. The number of hydrogen-bond acceptors (Lipinski definition) is 4. The van der Waals surface area contributed by atoms with Crippen molar-refractivity contribution < 1.29 is 19.1 Å². The van der Waals surface area contributed by atoms with Crippen LogP contribution in [0.1, 0.15) is 25.0 Å². The number of hydrogen-bond donors (Lipinski definition) is 0. The van der Waals surface area contributed by atoms with Crippen LogP contribution in [0.5, 0.6) is 0 Å². The molecule has 0 saturated carbocycles. The fourth-order valence-corrected chi connectivity index (χ4v) is 4.76. The molecule has 0 aliphatic carbocycles. The second-order valence-corrected chi connectivity index (χ2v) is 8.23. The van der Waals surface area contributed by atoms with E-state index in [1.165, 1.54) is 0 Å². The van der Waals surface area contributed by atoms with E-state index in [-0.39, 0.29) is 4.86 Å². The molecule has 130 valence electrons. The molecule has 1 aliphatic heterocycles. The third-order valence-corrected chi connectivity index (χ3v) is 5.98. The first kappa shape index (κ1) is 17.4. The minimum absolute atomic E-state index is 0.118. The highest BCUT2D eigenvalue weighted by Crippen LogP contribution is 2.31. The van der Waals surface area contributed by atoms with E-state index in [1.807, 2.05) is 60.7 Å². The van der Waals surface area contributed by atoms with Crippen molar-refractivity contribution in [2.24, 2.45) is 0 Å². The SMILES string of the molecule is CC1(C)OC(=O)C(=S(Cc2ccccc2)Cc2ccccc2)C(=O)O1. The van der Waals surface area contributed by atoms with Gasteiger partial charge in [0.2, 0.25) is 0 Å². The lowest BCUT2D eigenvalue weighted by Crippen LogP contribution is -2.46. The van der Waals surface area contributed by atoms with Gasteiger partial charge < -0.3 is 9.47 Å². The van der Waals surface area contributed by atoms with Crippen LogP contribution in [0.2, 0.25) is 0 Å². The molecule has 0 spiro atoms. The maximum atomic E-state index is 12.5. The summed E-state index contributed by atoms with van der Waals surface area (Å²) in [5, 5.41) is 0. The molecule has 2 aromatic rings. The first-order valence-electron chi connectivity index (χ1n) is 8.03. The van der Waals surface area contributed by atoms with Crippen LogP contribution in [-0.2, 0) is 30.6 Å². The predicted molar refractivity (Wildman–Crippen MR) is 99.2 cm³/mol. The largest absolute Gasteiger partial charge is 0.419 e. The quantitative estimate of drug-likeness (QED) is 0.620. The van der Waals surface area contributed by atoms with Gasteiger partial charge in [-0.1, -0.05) is 60.7 Å². The van der Waals surface area contributed by atoms with Crippen molar-refractivity contribution in [3.63, 3.8) is 0 Å². The minimum Gasteiger partial charge on any atom is -0.419 e. The van der Waals surface area contributed by atoms with Crippen LogP contribution in [0.3, 0.4) is 0 Å². The number of esters is 2. The Morgan fingerprint density at radius 3 is 1.56 bits per heavy atom. The molecule has 25 heavy (non-hydrogen) atoms. The van der Waals surface area contributed by atoms with E-state index in [4.69, 9.17) is 9.47 Å². The van der Waals surface area contributed by atoms with Gasteiger partial charge in [0, 0.05) is 25.4 Å². The van der Waals surface area contributed by atoms with E-state index in [0.717, 1.165) is 11.1 Å². The lowest BCUT2D eigenvalue weighted by molar-refractivity contribution is -0.214. The monoisotopic (exact) mass is 356 g/mol. The highest BCUT2D eigenvalue weighted by atomic mass is 32.2. The number of carbonyl (C=O) groups is 2. The standard InChI is InChI=1S/C20H20O4S/c1-20(2)23-18(21)17(19(22)24-20)25(13-15-9-5-3-6-10-15)14-16-11-7-4-8-12-16/h3-12H,13-14H2,1-2H3. The Labute approximate surface area is 149 Å². The highest BCUT2D eigenvalue weighted by Gasteiger charge is 2.40. The lowest BCUT2D eigenvalue weighted by atomic mass is 10.2. The molecule has 1 heterocycles. The number of cyclic esters (lactones) is 2. The van der Waals surface area contributed by atoms with Crippen molar-refractivity contribution >= 4 is 27.3 Å². The Morgan fingerprint density at radius 1 is 0.760 bits per heavy atom. The Balaban J connectivity index is 2.00. The van der Waals surface area contributed by atoms with E-state index < -0.39 is 28.2 Å². The van der Waals surface area contributed by atoms with Gasteiger partial charge in [0.05, 0.1) is 0 Å². The summed E-state index contributed by atoms with van der Waals surface area (Å²) in [5.74, 6) is -1.18. The molecule has 1 saturated heterocycles. The summed E-state index contributed by atoms with van der Waals surface area (Å²) in [6, 6.07) is 19.7. The molecular weight excluding hydrogens is 336 g/mol. The molecule has 0 N–H and O–H groups in total. The maximum Gasteiger partial charge on any atom is 0.354 e. The van der Waals surface area contributed by atoms with E-state index >= 15 is 0 Å². The van der Waals surface area contributed by atoms with Crippen molar-refractivity contribution in [2.45, 2.75) is 31.1 Å². The Bertz CT molecular complexity index is 745. The summed E-state index contributed by atoms with van der Waals surface area (Å²) in [7, 11) is -0.639. The molecule has 0 atom stereocenters. The molecule has 3 rings (SSSR count). The van der Waals surface area contributed by atoms with Crippen LogP contribution in [0.4, 0.5) is 0 Å². The van der Waals surface area contributed by atoms with E-state index in [9.17, 15) is 9.59 Å². The fraction of sp³-hybridized carbons (Fsp3) is 0.250. The summed E-state index contributed by atoms with van der Waals surface area (Å²) in [4.78, 5) is 25.1. The Morgan fingerprint density at radius 2 is 1.16 bits per heavy atom. The van der Waals surface area contributed by atoms with Gasteiger partial charge in [0.15, 0.2) is 4.86 Å². The van der Waals surface area contributed by atoms with E-state index in [2.05, 4.69) is 0 Å². The van der Waals surface area contributed by atoms with E-state index in [1.54, 1.807) is 13.8 Å². The van der Waals surface area contributed by atoms with Crippen molar-refractivity contribution in [3.8, 4) is 0 Å². The Hall–Kier alpha value is -2.40. The van der Waals surface area contributed by atoms with Gasteiger partial charge >= 0.3 is 11.9 Å². The van der Waals surface area contributed by atoms with Gasteiger partial charge in [-0.15, -0.1) is 0 Å². The molecule has 1 aliphatic rings. The smallest absolute Gasteiger partial charge is 0.354 e. The summed E-state index contributed by atoms with van der Waals surface area (Å²) in [6.07, 6.45) is 0. The Kier molecular flexibility index (Phi) is 5.04. The second kappa shape index (κ2) is 7.23. The van der Waals surface area contributed by atoms with Crippen LogP contribution in [0.15, 0.2) is 60.7 Å². The average molecular weight is 356 g/mol. The first-order valence-corrected chi connectivity index (χ1v) is 9.60. The summed E-state index contributed by atoms with van der Waals surface area (Å²) >= 11 is 0. The van der Waals surface area contributed by atoms with Crippen molar-refractivity contribution in [1.82, 2.24) is 0 Å². The van der Waals surface area contributed by atoms with Gasteiger partial charge in [-0.05, 0) is 11.1 Å². The molecule has 0 amide bonds. The first-order chi connectivity index (χ1) is 11.9. The van der Waals surface area contributed by atoms with Gasteiger partial charge in [0.1, 0.15) is 0 Å². The minimum atomic E-state index is -1.22. The van der Waals surface area contributed by atoms with Crippen molar-refractivity contribution in [2.75, 3.05) is 0 Å². The van der Waals surface area contributed by atoms with Crippen LogP contribution in [-0.4, -0.2) is 22.6 Å². The van der Waals surface area contributed by atoms with Gasteiger partial charge in [0.25, 0.3) is 5.79 Å². The van der Waals surface area contributed by atoms with Crippen molar-refractivity contribution in [3.05, 3.63) is 71.8 Å². The zero-order chi connectivity index (χ0) is 17.9. The maximum absolute atomic E-state index is 12.5. The van der Waals surface area contributed by atoms with Crippen LogP contribution in [0.25, 0.3) is 0 Å². The summed E-state index contributed by atoms with van der Waals surface area (Å²) in [5.41, 5.74) is 2.14. The van der Waals surface area contributed by atoms with E-state index in [0.29, 0.717) is 11.5 Å². The zero-order valence-electron chi connectivity index (χ0n) is 14.2. The number of benzene rings is 2. The third kappa shape index (κ3) is 4.37. The van der Waals surface area contributed by atoms with Crippen LogP contribution < -0.4 is 0 Å². The molecule has 0 bridgehead atoms. The molecule has 0 aromatic heterocycles. The van der Waals surface area contributed by atoms with Gasteiger partial charge in [-0.25, -0.2) is 9.59 Å². The zero-order valence-corrected chi connectivity index (χ0v) is 15.0. The summed E-state index contributed by atoms with van der Waals surface area (Å²) < 4.78 is 10.6. The van der Waals surface area contributed by atoms with Crippen LogP contribution >= 0.6 is 10.5 Å². The van der Waals surface area contributed by atoms with Gasteiger partial charge in [-0.2, -0.15) is 10.5 Å². The predicted octanol–water partition coefficient (Wildman–Crippen LogP) is 3.66. The number of carbonyl (C=O) groups excluding carboxylic acids is 2. The molecule has 0 unspecified atom stereocenters. The highest BCUT2D eigenvalue weighted by molar-refractivity contribution is 8.16. The fourth-order valence-electron chi connectivity index (χ4n) is 2.63. The normalized spacial score (nSPS) is 16.5. The number of ether oxygens (including phenoxy) is 2. The third-order valence-electron chi connectivity index (χ3n) is 3.70. The molecular formula is C20H20O4S. The summed E-state index contributed by atoms with van der Waals surface area (Å²) in [6.45, 7) is 3.12. The molecule has 4 nitrogen and oxygen atoms in total. The van der Waals surface area contributed by atoms with Crippen LogP contribution in [0, 0.1) is 0 Å². The topological polar surface area (TPSA) is 52.6 Å². The number of rotatable bonds is 4. The molecule has 1 fully saturated rings. The molecule has 5 heteroatoms. The second-order valence-electron chi connectivity index (χ2n) is 6.26. The molecule has 2 aromatic carbocycles. The lowest BCUT2D eigenvalue weighted by Gasteiger charge is -2.31. The van der Waals surface area contributed by atoms with Crippen molar-refractivity contribution in [1.29, 1.82) is 0 Å². The average Bonchev–Trinajstić information content (AvgIpc) is 2.55. The van der Waals surface area contributed by atoms with Gasteiger partial charge in [-0.3, -0.25) is 0 Å².